The first-order valence-electron chi connectivity index (χ1n) is 16.9. The van der Waals surface area contributed by atoms with Crippen LogP contribution in [0.4, 0.5) is 0 Å². The smallest absolute Gasteiger partial charge is 0.306 e. The molecule has 0 amide bonds. The van der Waals surface area contributed by atoms with Gasteiger partial charge in [0.25, 0.3) is 0 Å². The lowest BCUT2D eigenvalue weighted by molar-refractivity contribution is -0.278. The van der Waals surface area contributed by atoms with Crippen molar-refractivity contribution in [1.82, 2.24) is 0 Å². The number of benzene rings is 2. The van der Waals surface area contributed by atoms with E-state index in [1.165, 1.54) is 36.9 Å². The number of ketones is 1. The van der Waals surface area contributed by atoms with Crippen molar-refractivity contribution >= 4 is 11.8 Å². The molecular weight excluding hydrogens is 636 g/mol. The zero-order valence-corrected chi connectivity index (χ0v) is 28.6. The van der Waals surface area contributed by atoms with Gasteiger partial charge in [-0.15, -0.1) is 0 Å². The van der Waals surface area contributed by atoms with Crippen LogP contribution >= 0.6 is 0 Å². The number of aliphatic hydroxyl groups excluding tert-OH is 4. The number of aliphatic hydroxyl groups is 4. The summed E-state index contributed by atoms with van der Waals surface area (Å²) in [4.78, 5) is 25.5. The van der Waals surface area contributed by atoms with Gasteiger partial charge in [0.1, 0.15) is 48.6 Å². The highest BCUT2D eigenvalue weighted by molar-refractivity contribution is 6.00. The summed E-state index contributed by atoms with van der Waals surface area (Å²) in [6, 6.07) is 9.21. The highest BCUT2D eigenvalue weighted by Crippen LogP contribution is 2.39. The zero-order chi connectivity index (χ0) is 35.7. The van der Waals surface area contributed by atoms with Crippen LogP contribution in [-0.4, -0.2) is 88.3 Å². The Balaban J connectivity index is 1.30. The van der Waals surface area contributed by atoms with Gasteiger partial charge in [-0.05, 0) is 74.8 Å². The van der Waals surface area contributed by atoms with E-state index in [2.05, 4.69) is 19.9 Å². The summed E-state index contributed by atoms with van der Waals surface area (Å²) >= 11 is 0. The lowest BCUT2D eigenvalue weighted by atomic mass is 9.93. The van der Waals surface area contributed by atoms with E-state index in [1.807, 2.05) is 6.92 Å². The fourth-order valence-electron chi connectivity index (χ4n) is 6.07. The average molecular weight is 687 g/mol. The van der Waals surface area contributed by atoms with Gasteiger partial charge in [-0.25, -0.2) is 0 Å². The van der Waals surface area contributed by atoms with Gasteiger partial charge in [0.2, 0.25) is 6.29 Å². The Morgan fingerprint density at radius 3 is 2.51 bits per heavy atom. The van der Waals surface area contributed by atoms with Crippen LogP contribution in [0.2, 0.25) is 0 Å². The number of rotatable bonds is 16. The number of ether oxygens (including phenoxy) is 5. The number of carbonyl (C=O) groups is 2. The van der Waals surface area contributed by atoms with Crippen molar-refractivity contribution in [3.05, 3.63) is 59.2 Å². The summed E-state index contributed by atoms with van der Waals surface area (Å²) in [6.07, 6.45) is -1.39. The van der Waals surface area contributed by atoms with Crippen molar-refractivity contribution in [2.75, 3.05) is 20.3 Å². The third-order valence-corrected chi connectivity index (χ3v) is 9.01. The van der Waals surface area contributed by atoms with Crippen molar-refractivity contribution in [3.63, 3.8) is 0 Å². The Morgan fingerprint density at radius 1 is 1.04 bits per heavy atom. The van der Waals surface area contributed by atoms with E-state index in [0.29, 0.717) is 11.1 Å². The maximum atomic E-state index is 12.9. The van der Waals surface area contributed by atoms with Crippen LogP contribution in [-0.2, 0) is 14.3 Å². The zero-order valence-electron chi connectivity index (χ0n) is 28.6. The van der Waals surface area contributed by atoms with Gasteiger partial charge >= 0.3 is 5.97 Å². The molecule has 0 spiro atoms. The van der Waals surface area contributed by atoms with Gasteiger partial charge in [-0.1, -0.05) is 37.5 Å². The third-order valence-electron chi connectivity index (χ3n) is 9.01. The lowest BCUT2D eigenvalue weighted by Crippen LogP contribution is -2.60. The maximum Gasteiger partial charge on any atom is 0.306 e. The van der Waals surface area contributed by atoms with E-state index in [9.17, 15) is 35.1 Å². The van der Waals surface area contributed by atoms with E-state index in [-0.39, 0.29) is 66.7 Å². The molecule has 0 aliphatic carbocycles. The van der Waals surface area contributed by atoms with Crippen LogP contribution in [0, 0.1) is 11.8 Å². The molecule has 2 aromatic carbocycles. The van der Waals surface area contributed by atoms with Crippen molar-refractivity contribution in [2.24, 2.45) is 11.8 Å². The molecule has 1 saturated heterocycles. The third kappa shape index (κ3) is 10.4. The number of methoxy groups -OCH3 is 1. The molecule has 49 heavy (non-hydrogen) atoms. The molecule has 2 aromatic rings. The van der Waals surface area contributed by atoms with Crippen LogP contribution in [0.1, 0.15) is 87.7 Å². The Hall–Kier alpha value is -3.68. The van der Waals surface area contributed by atoms with Crippen LogP contribution in [0.3, 0.4) is 0 Å². The van der Waals surface area contributed by atoms with E-state index in [0.717, 1.165) is 32.1 Å². The number of aromatic hydroxyl groups is 1. The number of hydrogen-bond acceptors (Lipinski definition) is 12. The summed E-state index contributed by atoms with van der Waals surface area (Å²) in [5.41, 5.74) is 2.16. The van der Waals surface area contributed by atoms with Crippen molar-refractivity contribution < 1.29 is 58.8 Å². The molecule has 0 radical (unpaired) electrons. The molecule has 8 atom stereocenters. The number of Topliss-reactive ketones (excluding diaryl/α,β-unsaturated/α-hetero) is 1. The molecule has 0 bridgehead atoms. The summed E-state index contributed by atoms with van der Waals surface area (Å²) in [6.45, 7) is 5.83. The molecule has 12 heteroatoms. The first kappa shape index (κ1) is 38.1. The quantitative estimate of drug-likeness (QED) is 0.124. The molecule has 2 aliphatic rings. The number of esters is 1. The fraction of sp³-hybridized carbons (Fsp3) is 0.568. The van der Waals surface area contributed by atoms with Gasteiger partial charge < -0.3 is 49.2 Å². The van der Waals surface area contributed by atoms with Crippen molar-refractivity contribution in [3.8, 4) is 23.0 Å². The van der Waals surface area contributed by atoms with Crippen LogP contribution in [0.15, 0.2) is 48.0 Å². The van der Waals surface area contributed by atoms with E-state index >= 15 is 0 Å². The van der Waals surface area contributed by atoms with Crippen LogP contribution in [0.5, 0.6) is 23.0 Å². The largest absolute Gasteiger partial charge is 0.504 e. The molecule has 5 N–H and O–H groups in total. The standard InChI is InChI=1S/C37H50O12/c1-21(2)7-5-9-23(19-38)10-6-8-22(3)15-33(41)46-20-32-34(42)35(43)36(44)37(49-32)47-25-12-13-26-27(39)18-30(48-31(26)17-25)24-11-14-29(45-4)28(40)16-24/h7,11-14,16-17,22-23,30,32,34-38,40,42-44H,5-6,8-10,15,18-20H2,1-4H3/t22-,23-,30?,32?,34?,35?,36?,37?/m0/s1. The summed E-state index contributed by atoms with van der Waals surface area (Å²) in [5, 5.41) is 51.6. The fourth-order valence-corrected chi connectivity index (χ4v) is 6.07. The first-order valence-corrected chi connectivity index (χ1v) is 16.9. The van der Waals surface area contributed by atoms with Gasteiger partial charge in [0, 0.05) is 19.1 Å². The molecule has 0 saturated carbocycles. The van der Waals surface area contributed by atoms with Gasteiger partial charge in [0.05, 0.1) is 19.1 Å². The van der Waals surface area contributed by atoms with E-state index < -0.39 is 42.8 Å². The molecule has 2 heterocycles. The van der Waals surface area contributed by atoms with Crippen LogP contribution < -0.4 is 14.2 Å². The van der Waals surface area contributed by atoms with E-state index in [1.54, 1.807) is 12.1 Å². The van der Waals surface area contributed by atoms with Gasteiger partial charge in [0.15, 0.2) is 17.3 Å². The highest BCUT2D eigenvalue weighted by Gasteiger charge is 2.45. The molecule has 12 nitrogen and oxygen atoms in total. The second-order valence-corrected chi connectivity index (χ2v) is 13.3. The van der Waals surface area contributed by atoms with E-state index in [4.69, 9.17) is 23.7 Å². The lowest BCUT2D eigenvalue weighted by Gasteiger charge is -2.40. The second-order valence-electron chi connectivity index (χ2n) is 13.3. The Kier molecular flexibility index (Phi) is 13.9. The number of hydrogen-bond donors (Lipinski definition) is 5. The maximum absolute atomic E-state index is 12.9. The minimum absolute atomic E-state index is 0.0402. The normalized spacial score (nSPS) is 24.6. The Bertz CT molecular complexity index is 1440. The second kappa shape index (κ2) is 17.8. The molecular formula is C37H50O12. The Morgan fingerprint density at radius 2 is 1.82 bits per heavy atom. The predicted molar refractivity (Wildman–Crippen MR) is 179 cm³/mol. The number of allylic oxidation sites excluding steroid dienone is 2. The van der Waals surface area contributed by atoms with Crippen molar-refractivity contribution in [1.29, 1.82) is 0 Å². The molecule has 4 rings (SSSR count). The van der Waals surface area contributed by atoms with Crippen molar-refractivity contribution in [2.45, 2.75) is 103 Å². The summed E-state index contributed by atoms with van der Waals surface area (Å²) < 4.78 is 28.1. The highest BCUT2D eigenvalue weighted by atomic mass is 16.7. The minimum atomic E-state index is -1.65. The first-order chi connectivity index (χ1) is 23.4. The average Bonchev–Trinajstić information content (AvgIpc) is 3.06. The molecule has 6 unspecified atom stereocenters. The summed E-state index contributed by atoms with van der Waals surface area (Å²) in [5.74, 6) is 0.163. The summed E-state index contributed by atoms with van der Waals surface area (Å²) in [7, 11) is 1.43. The topological polar surface area (TPSA) is 181 Å². The Labute approximate surface area is 287 Å². The number of phenols is 1. The predicted octanol–water partition coefficient (Wildman–Crippen LogP) is 4.39. The van der Waals surface area contributed by atoms with Gasteiger partial charge in [-0.2, -0.15) is 0 Å². The molecule has 2 aliphatic heterocycles. The molecule has 1 fully saturated rings. The van der Waals surface area contributed by atoms with Crippen LogP contribution in [0.25, 0.3) is 0 Å². The molecule has 0 aromatic heterocycles. The monoisotopic (exact) mass is 686 g/mol. The minimum Gasteiger partial charge on any atom is -0.504 e. The number of phenolic OH excluding ortho intramolecular Hbond substituents is 1. The number of fused-ring (bicyclic) bond motifs is 1. The molecule has 270 valence electrons. The van der Waals surface area contributed by atoms with Gasteiger partial charge in [-0.3, -0.25) is 9.59 Å². The SMILES string of the molecule is COc1ccc(C2CC(=O)c3ccc(OC4OC(COC(=O)C[C@@H](C)CCC[C@@H](CO)CCC=C(C)C)C(O)C(O)C4O)cc3O2)cc1O. The number of carbonyl (C=O) groups excluding carboxylic acids is 2.